The number of hydrogen-bond acceptors (Lipinski definition) is 6. The molecule has 178 valence electrons. The summed E-state index contributed by atoms with van der Waals surface area (Å²) in [7, 11) is -3.45. The summed E-state index contributed by atoms with van der Waals surface area (Å²) in [6.07, 6.45) is -5.84. The van der Waals surface area contributed by atoms with Gasteiger partial charge >= 0.3 is 6.18 Å². The molecule has 0 saturated carbocycles. The molecule has 0 bridgehead atoms. The molecule has 10 heteroatoms. The van der Waals surface area contributed by atoms with E-state index in [1.165, 1.54) is 0 Å². The van der Waals surface area contributed by atoms with Gasteiger partial charge in [-0.05, 0) is 35.4 Å². The minimum atomic E-state index is -4.72. The number of aliphatic hydroxyl groups is 1. The minimum Gasteiger partial charge on any atom is -0.494 e. The topological polar surface area (TPSA) is 82.1 Å². The Kier molecular flexibility index (Phi) is 8.55. The van der Waals surface area contributed by atoms with E-state index in [1.54, 1.807) is 24.3 Å². The number of halogens is 3. The highest BCUT2D eigenvalue weighted by Crippen LogP contribution is 2.33. The number of alkyl halides is 3. The van der Waals surface area contributed by atoms with Crippen molar-refractivity contribution in [3.8, 4) is 11.5 Å². The number of benzene rings is 2. The van der Waals surface area contributed by atoms with Crippen LogP contribution in [-0.4, -0.2) is 51.9 Å². The zero-order chi connectivity index (χ0) is 24.0. The Morgan fingerprint density at radius 3 is 1.78 bits per heavy atom. The summed E-state index contributed by atoms with van der Waals surface area (Å²) in [5.41, 5.74) is 1.52. The van der Waals surface area contributed by atoms with E-state index in [4.69, 9.17) is 14.6 Å². The van der Waals surface area contributed by atoms with Crippen LogP contribution in [0.3, 0.4) is 0 Å². The van der Waals surface area contributed by atoms with Crippen LogP contribution < -0.4 is 9.47 Å². The van der Waals surface area contributed by atoms with Crippen molar-refractivity contribution in [3.05, 3.63) is 59.7 Å². The third-order valence-corrected chi connectivity index (χ3v) is 5.39. The lowest BCUT2D eigenvalue weighted by Crippen LogP contribution is -2.34. The number of aliphatic hydroxyl groups excluding tert-OH is 1. The van der Waals surface area contributed by atoms with Gasteiger partial charge in [0.05, 0.1) is 19.5 Å². The van der Waals surface area contributed by atoms with E-state index in [9.17, 15) is 21.6 Å². The first-order valence-electron chi connectivity index (χ1n) is 9.85. The van der Waals surface area contributed by atoms with Crippen molar-refractivity contribution in [1.82, 2.24) is 0 Å². The van der Waals surface area contributed by atoms with Crippen LogP contribution in [0.15, 0.2) is 48.5 Å². The minimum absolute atomic E-state index is 0.0544. The van der Waals surface area contributed by atoms with Crippen molar-refractivity contribution >= 4 is 10.1 Å². The molecular formula is C22H27F3O6S. The first-order valence-corrected chi connectivity index (χ1v) is 11.7. The van der Waals surface area contributed by atoms with Gasteiger partial charge in [0.15, 0.2) is 6.10 Å². The summed E-state index contributed by atoms with van der Waals surface area (Å²) >= 11 is 0. The molecule has 2 aromatic rings. The lowest BCUT2D eigenvalue weighted by Gasteiger charge is -2.26. The molecule has 0 aromatic heterocycles. The summed E-state index contributed by atoms with van der Waals surface area (Å²) in [5.74, 6) is 0.868. The molecule has 0 spiro atoms. The maximum absolute atomic E-state index is 12.4. The molecule has 0 fully saturated rings. The van der Waals surface area contributed by atoms with Crippen LogP contribution in [0.2, 0.25) is 0 Å². The quantitative estimate of drug-likeness (QED) is 0.389. The molecule has 0 aliphatic heterocycles. The van der Waals surface area contributed by atoms with Crippen LogP contribution >= 0.6 is 0 Å². The monoisotopic (exact) mass is 476 g/mol. The van der Waals surface area contributed by atoms with E-state index >= 15 is 0 Å². The van der Waals surface area contributed by atoms with E-state index in [1.807, 2.05) is 38.1 Å². The van der Waals surface area contributed by atoms with E-state index in [0.717, 1.165) is 17.4 Å². The maximum Gasteiger partial charge on any atom is 0.417 e. The van der Waals surface area contributed by atoms with Crippen molar-refractivity contribution in [2.45, 2.75) is 38.0 Å². The van der Waals surface area contributed by atoms with Gasteiger partial charge in [-0.3, -0.25) is 4.18 Å². The number of ether oxygens (including phenoxy) is 2. The Hall–Kier alpha value is -2.30. The summed E-state index contributed by atoms with van der Waals surface area (Å²) < 4.78 is 74.2. The van der Waals surface area contributed by atoms with Crippen molar-refractivity contribution in [2.75, 3.05) is 26.1 Å². The Morgan fingerprint density at radius 2 is 1.34 bits per heavy atom. The van der Waals surface area contributed by atoms with Crippen LogP contribution in [0.4, 0.5) is 13.2 Å². The Morgan fingerprint density at radius 1 is 0.875 bits per heavy atom. The predicted octanol–water partition coefficient (Wildman–Crippen LogP) is 4.06. The van der Waals surface area contributed by atoms with E-state index in [-0.39, 0.29) is 12.4 Å². The molecule has 0 radical (unpaired) electrons. The molecule has 2 aromatic carbocycles. The van der Waals surface area contributed by atoms with Gasteiger partial charge in [0.1, 0.15) is 18.1 Å². The molecule has 0 heterocycles. The summed E-state index contributed by atoms with van der Waals surface area (Å²) in [4.78, 5) is 0. The fraction of sp³-hybridized carbons (Fsp3) is 0.455. The predicted molar refractivity (Wildman–Crippen MR) is 113 cm³/mol. The van der Waals surface area contributed by atoms with Crippen LogP contribution in [0.25, 0.3) is 0 Å². The largest absolute Gasteiger partial charge is 0.494 e. The van der Waals surface area contributed by atoms with Gasteiger partial charge in [0, 0.05) is 11.8 Å². The van der Waals surface area contributed by atoms with Crippen molar-refractivity contribution in [3.63, 3.8) is 0 Å². The molecule has 2 rings (SSSR count). The second-order valence-corrected chi connectivity index (χ2v) is 9.41. The van der Waals surface area contributed by atoms with Gasteiger partial charge in [0.2, 0.25) is 0 Å². The standard InChI is InChI=1S/C22H27F3O6S/c1-21(2,17-7-11-19(12-8-17)30-15-20(26)22(23,24)25)16-5-9-18(10-6-16)29-13-4-14-31-32(3,27)28/h5-12,20,26H,4,13-15H2,1-3H3. The molecule has 1 unspecified atom stereocenters. The maximum atomic E-state index is 12.4. The lowest BCUT2D eigenvalue weighted by atomic mass is 9.78. The zero-order valence-electron chi connectivity index (χ0n) is 18.1. The summed E-state index contributed by atoms with van der Waals surface area (Å²) in [6.45, 7) is 3.51. The smallest absolute Gasteiger partial charge is 0.417 e. The summed E-state index contributed by atoms with van der Waals surface area (Å²) in [6, 6.07) is 14.1. The number of hydrogen-bond donors (Lipinski definition) is 1. The van der Waals surface area contributed by atoms with Crippen LogP contribution in [-0.2, 0) is 19.7 Å². The SMILES string of the molecule is CC(C)(c1ccc(OCCCOS(C)(=O)=O)cc1)c1ccc(OCC(O)C(F)(F)F)cc1. The molecule has 0 saturated heterocycles. The van der Waals surface area contributed by atoms with Crippen LogP contribution in [0, 0.1) is 0 Å². The lowest BCUT2D eigenvalue weighted by molar-refractivity contribution is -0.210. The molecule has 1 atom stereocenters. The summed E-state index contributed by atoms with van der Waals surface area (Å²) in [5, 5.41) is 9.02. The molecule has 0 aliphatic rings. The van der Waals surface area contributed by atoms with Crippen molar-refractivity contribution in [2.24, 2.45) is 0 Å². The van der Waals surface area contributed by atoms with E-state index in [0.29, 0.717) is 18.8 Å². The molecule has 0 aliphatic carbocycles. The Bertz CT molecular complexity index is 955. The van der Waals surface area contributed by atoms with Crippen molar-refractivity contribution < 1.29 is 40.4 Å². The van der Waals surface area contributed by atoms with Gasteiger partial charge in [-0.25, -0.2) is 0 Å². The average molecular weight is 477 g/mol. The highest BCUT2D eigenvalue weighted by molar-refractivity contribution is 7.85. The van der Waals surface area contributed by atoms with Gasteiger partial charge in [0.25, 0.3) is 10.1 Å². The Labute approximate surface area is 186 Å². The highest BCUT2D eigenvalue weighted by atomic mass is 32.2. The van der Waals surface area contributed by atoms with Gasteiger partial charge in [-0.15, -0.1) is 0 Å². The molecule has 6 nitrogen and oxygen atoms in total. The fourth-order valence-electron chi connectivity index (χ4n) is 2.83. The van der Waals surface area contributed by atoms with Gasteiger partial charge < -0.3 is 14.6 Å². The third kappa shape index (κ3) is 7.99. The van der Waals surface area contributed by atoms with Crippen LogP contribution in [0.5, 0.6) is 11.5 Å². The van der Waals surface area contributed by atoms with E-state index < -0.39 is 34.4 Å². The first-order chi connectivity index (χ1) is 14.8. The molecule has 0 amide bonds. The number of rotatable bonds is 11. The zero-order valence-corrected chi connectivity index (χ0v) is 18.9. The van der Waals surface area contributed by atoms with Crippen LogP contribution in [0.1, 0.15) is 31.4 Å². The van der Waals surface area contributed by atoms with Crippen molar-refractivity contribution in [1.29, 1.82) is 0 Å². The first kappa shape index (κ1) is 26.0. The normalized spacial score (nSPS) is 13.6. The average Bonchev–Trinajstić information content (AvgIpc) is 2.71. The molecule has 1 N–H and O–H groups in total. The molecule has 32 heavy (non-hydrogen) atoms. The Balaban J connectivity index is 1.93. The molecular weight excluding hydrogens is 449 g/mol. The van der Waals surface area contributed by atoms with Gasteiger partial charge in [-0.2, -0.15) is 21.6 Å². The second-order valence-electron chi connectivity index (χ2n) is 7.77. The highest BCUT2D eigenvalue weighted by Gasteiger charge is 2.38. The van der Waals surface area contributed by atoms with E-state index in [2.05, 4.69) is 4.18 Å². The van der Waals surface area contributed by atoms with Gasteiger partial charge in [-0.1, -0.05) is 38.1 Å². The third-order valence-electron chi connectivity index (χ3n) is 4.79. The fourth-order valence-corrected chi connectivity index (χ4v) is 3.25. The second kappa shape index (κ2) is 10.5.